The highest BCUT2D eigenvalue weighted by Gasteiger charge is 2.21. The molecule has 0 bridgehead atoms. The Morgan fingerprint density at radius 3 is 2.69 bits per heavy atom. The predicted octanol–water partition coefficient (Wildman–Crippen LogP) is 5.41. The average Bonchev–Trinajstić information content (AvgIpc) is 3.57. The van der Waals surface area contributed by atoms with Crippen molar-refractivity contribution in [3.05, 3.63) is 83.1 Å². The molecule has 0 radical (unpaired) electrons. The molecule has 0 atom stereocenters. The normalized spacial score (nSPS) is 13.4. The third-order valence-electron chi connectivity index (χ3n) is 4.68. The quantitative estimate of drug-likeness (QED) is 0.324. The van der Waals surface area contributed by atoms with Crippen molar-refractivity contribution >= 4 is 29.4 Å². The van der Waals surface area contributed by atoms with Crippen LogP contribution in [0, 0.1) is 5.92 Å². The second-order valence-corrected chi connectivity index (χ2v) is 7.30. The Hall–Kier alpha value is -3.18. The lowest BCUT2D eigenvalue weighted by Gasteiger charge is -2.12. The zero-order chi connectivity index (χ0) is 20.1. The van der Waals surface area contributed by atoms with Crippen LogP contribution in [0.25, 0.3) is 11.1 Å². The van der Waals surface area contributed by atoms with E-state index < -0.39 is 0 Å². The molecule has 1 saturated carbocycles. The number of halogens is 1. The number of nitrogens with one attached hydrogen (secondary N) is 1. The summed E-state index contributed by atoms with van der Waals surface area (Å²) < 4.78 is 0. The lowest BCUT2D eigenvalue weighted by molar-refractivity contribution is 0.102. The van der Waals surface area contributed by atoms with Crippen molar-refractivity contribution in [2.75, 3.05) is 11.9 Å². The standard InChI is InChI=1S/C23H20ClN3O2/c24-22-20(5-3-13-25-22)23(28)27-21-6-2-1-4-19(21)18-11-9-16(10-12-18)14-26-29-15-17-7-8-17/h1-6,9-14,17H,7-8,15H2,(H,27,28)/b26-14-. The Kier molecular flexibility index (Phi) is 5.86. The van der Waals surface area contributed by atoms with Gasteiger partial charge in [-0.2, -0.15) is 0 Å². The van der Waals surface area contributed by atoms with Crippen molar-refractivity contribution in [1.29, 1.82) is 0 Å². The number of pyridine rings is 1. The molecule has 0 unspecified atom stereocenters. The van der Waals surface area contributed by atoms with E-state index in [4.69, 9.17) is 16.4 Å². The van der Waals surface area contributed by atoms with Crippen molar-refractivity contribution in [2.45, 2.75) is 12.8 Å². The molecule has 0 spiro atoms. The molecule has 3 aromatic rings. The molecular weight excluding hydrogens is 386 g/mol. The van der Waals surface area contributed by atoms with Gasteiger partial charge in [0.05, 0.1) is 11.8 Å². The Labute approximate surface area is 174 Å². The number of amides is 1. The molecule has 1 N–H and O–H groups in total. The smallest absolute Gasteiger partial charge is 0.258 e. The first-order valence-electron chi connectivity index (χ1n) is 9.47. The molecule has 6 heteroatoms. The number of rotatable bonds is 7. The minimum atomic E-state index is -0.299. The summed E-state index contributed by atoms with van der Waals surface area (Å²) in [5.74, 6) is 0.384. The van der Waals surface area contributed by atoms with Crippen molar-refractivity contribution < 1.29 is 9.63 Å². The van der Waals surface area contributed by atoms with Crippen molar-refractivity contribution in [3.8, 4) is 11.1 Å². The van der Waals surface area contributed by atoms with Crippen molar-refractivity contribution in [3.63, 3.8) is 0 Å². The molecule has 5 nitrogen and oxygen atoms in total. The summed E-state index contributed by atoms with van der Waals surface area (Å²) in [5, 5.41) is 7.13. The van der Waals surface area contributed by atoms with Crippen molar-refractivity contribution in [1.82, 2.24) is 4.98 Å². The molecular formula is C23H20ClN3O2. The summed E-state index contributed by atoms with van der Waals surface area (Å²) >= 11 is 6.04. The van der Waals surface area contributed by atoms with Gasteiger partial charge in [0.2, 0.25) is 0 Å². The van der Waals surface area contributed by atoms with Crippen LogP contribution in [-0.2, 0) is 4.84 Å². The third-order valence-corrected chi connectivity index (χ3v) is 4.99. The van der Waals surface area contributed by atoms with Crippen LogP contribution in [0.5, 0.6) is 0 Å². The Morgan fingerprint density at radius 2 is 1.93 bits per heavy atom. The first kappa shape index (κ1) is 19.2. The van der Waals surface area contributed by atoms with Gasteiger partial charge < -0.3 is 10.2 Å². The molecule has 1 aliphatic rings. The summed E-state index contributed by atoms with van der Waals surface area (Å²) in [6.07, 6.45) is 5.75. The van der Waals surface area contributed by atoms with Gasteiger partial charge in [-0.15, -0.1) is 0 Å². The molecule has 4 rings (SSSR count). The summed E-state index contributed by atoms with van der Waals surface area (Å²) in [7, 11) is 0. The first-order chi connectivity index (χ1) is 14.2. The number of anilines is 1. The fourth-order valence-electron chi connectivity index (χ4n) is 2.87. The number of oxime groups is 1. The highest BCUT2D eigenvalue weighted by atomic mass is 35.5. The number of para-hydroxylation sites is 1. The second-order valence-electron chi connectivity index (χ2n) is 6.94. The summed E-state index contributed by atoms with van der Waals surface area (Å²) in [6.45, 7) is 0.697. The summed E-state index contributed by atoms with van der Waals surface area (Å²) in [4.78, 5) is 21.9. The number of hydrogen-bond donors (Lipinski definition) is 1. The minimum Gasteiger partial charge on any atom is -0.396 e. The largest absolute Gasteiger partial charge is 0.396 e. The van der Waals surface area contributed by atoms with E-state index in [2.05, 4.69) is 15.5 Å². The molecule has 29 heavy (non-hydrogen) atoms. The lowest BCUT2D eigenvalue weighted by atomic mass is 10.0. The number of hydrogen-bond acceptors (Lipinski definition) is 4. The number of nitrogens with zero attached hydrogens (tertiary/aromatic N) is 2. The zero-order valence-corrected chi connectivity index (χ0v) is 16.5. The van der Waals surface area contributed by atoms with E-state index in [1.807, 2.05) is 48.5 Å². The highest BCUT2D eigenvalue weighted by molar-refractivity contribution is 6.33. The molecule has 1 aromatic heterocycles. The van der Waals surface area contributed by atoms with E-state index in [0.29, 0.717) is 23.8 Å². The first-order valence-corrected chi connectivity index (χ1v) is 9.85. The second kappa shape index (κ2) is 8.88. The lowest BCUT2D eigenvalue weighted by Crippen LogP contribution is -2.13. The average molecular weight is 406 g/mol. The Bertz CT molecular complexity index is 1030. The highest BCUT2D eigenvalue weighted by Crippen LogP contribution is 2.29. The number of carbonyl (C=O) groups excluding carboxylic acids is 1. The van der Waals surface area contributed by atoms with E-state index in [9.17, 15) is 4.79 Å². The Morgan fingerprint density at radius 1 is 1.14 bits per heavy atom. The summed E-state index contributed by atoms with van der Waals surface area (Å²) in [6, 6.07) is 18.9. The molecule has 146 valence electrons. The monoisotopic (exact) mass is 405 g/mol. The Balaban J connectivity index is 1.48. The van der Waals surface area contributed by atoms with E-state index in [1.54, 1.807) is 24.5 Å². The maximum Gasteiger partial charge on any atom is 0.258 e. The molecule has 1 amide bonds. The van der Waals surface area contributed by atoms with Crippen LogP contribution in [0.3, 0.4) is 0 Å². The van der Waals surface area contributed by atoms with Crippen molar-refractivity contribution in [2.24, 2.45) is 11.1 Å². The van der Waals surface area contributed by atoms with Gasteiger partial charge in [-0.05, 0) is 48.1 Å². The fraction of sp³-hybridized carbons (Fsp3) is 0.174. The number of carbonyl (C=O) groups is 1. The van der Waals surface area contributed by atoms with Gasteiger partial charge in [0, 0.05) is 17.4 Å². The third kappa shape index (κ3) is 5.00. The topological polar surface area (TPSA) is 63.6 Å². The fourth-order valence-corrected chi connectivity index (χ4v) is 3.07. The van der Waals surface area contributed by atoms with E-state index >= 15 is 0 Å². The molecule has 0 saturated heterocycles. The van der Waals surface area contributed by atoms with Crippen LogP contribution >= 0.6 is 11.6 Å². The molecule has 2 aromatic carbocycles. The minimum absolute atomic E-state index is 0.176. The van der Waals surface area contributed by atoms with Gasteiger partial charge in [0.25, 0.3) is 5.91 Å². The number of benzene rings is 2. The van der Waals surface area contributed by atoms with Crippen LogP contribution in [0.15, 0.2) is 72.0 Å². The van der Waals surface area contributed by atoms with E-state index in [-0.39, 0.29) is 11.1 Å². The molecule has 1 aliphatic carbocycles. The van der Waals surface area contributed by atoms with E-state index in [1.165, 1.54) is 12.8 Å². The maximum absolute atomic E-state index is 12.6. The van der Waals surface area contributed by atoms with Crippen LogP contribution in [0.1, 0.15) is 28.8 Å². The van der Waals surface area contributed by atoms with Crippen LogP contribution in [0.2, 0.25) is 5.15 Å². The molecule has 1 fully saturated rings. The molecule has 0 aliphatic heterocycles. The van der Waals surface area contributed by atoms with Crippen LogP contribution in [-0.4, -0.2) is 23.7 Å². The van der Waals surface area contributed by atoms with Gasteiger partial charge >= 0.3 is 0 Å². The molecule has 1 heterocycles. The van der Waals surface area contributed by atoms with Gasteiger partial charge in [0.1, 0.15) is 11.8 Å². The van der Waals surface area contributed by atoms with Crippen LogP contribution < -0.4 is 5.32 Å². The van der Waals surface area contributed by atoms with Gasteiger partial charge in [0.15, 0.2) is 0 Å². The van der Waals surface area contributed by atoms with Gasteiger partial charge in [-0.1, -0.05) is 59.2 Å². The zero-order valence-electron chi connectivity index (χ0n) is 15.7. The number of aromatic nitrogens is 1. The maximum atomic E-state index is 12.6. The van der Waals surface area contributed by atoms with Crippen LogP contribution in [0.4, 0.5) is 5.69 Å². The van der Waals surface area contributed by atoms with E-state index in [0.717, 1.165) is 16.7 Å². The SMILES string of the molecule is O=C(Nc1ccccc1-c1ccc(/C=N\OCC2CC2)cc1)c1cccnc1Cl. The predicted molar refractivity (Wildman–Crippen MR) is 115 cm³/mol. The van der Waals surface area contributed by atoms with Gasteiger partial charge in [-0.25, -0.2) is 4.98 Å². The summed E-state index contributed by atoms with van der Waals surface area (Å²) in [5.41, 5.74) is 3.88. The van der Waals surface area contributed by atoms with Gasteiger partial charge in [-0.3, -0.25) is 4.79 Å².